The summed E-state index contributed by atoms with van der Waals surface area (Å²) in [5, 5.41) is 3.39. The quantitative estimate of drug-likeness (QED) is 0.901. The van der Waals surface area contributed by atoms with E-state index >= 15 is 0 Å². The number of ether oxygens (including phenoxy) is 1. The summed E-state index contributed by atoms with van der Waals surface area (Å²) >= 11 is 7.56. The summed E-state index contributed by atoms with van der Waals surface area (Å²) in [5.74, 6) is 0.140. The molecule has 0 aliphatic carbocycles. The predicted octanol–water partition coefficient (Wildman–Crippen LogP) is 3.84. The highest BCUT2D eigenvalue weighted by atomic mass is 35.5. The van der Waals surface area contributed by atoms with Crippen molar-refractivity contribution in [3.63, 3.8) is 0 Å². The van der Waals surface area contributed by atoms with Gasteiger partial charge in [0, 0.05) is 16.3 Å². The molecule has 2 nitrogen and oxygen atoms in total. The van der Waals surface area contributed by atoms with Crippen molar-refractivity contribution in [3.05, 3.63) is 50.9 Å². The molecule has 0 saturated carbocycles. The third-order valence-electron chi connectivity index (χ3n) is 2.33. The minimum Gasteiger partial charge on any atom is -0.487 e. The van der Waals surface area contributed by atoms with E-state index in [1.165, 1.54) is 17.0 Å². The topological polar surface area (TPSA) is 21.3 Å². The van der Waals surface area contributed by atoms with Crippen LogP contribution in [-0.2, 0) is 13.2 Å². The smallest absolute Gasteiger partial charge is 0.138 e. The van der Waals surface area contributed by atoms with Crippen LogP contribution in [0.1, 0.15) is 9.75 Å². The van der Waals surface area contributed by atoms with Gasteiger partial charge in [-0.3, -0.25) is 0 Å². The Labute approximate surface area is 114 Å². The molecule has 0 aliphatic heterocycles. The van der Waals surface area contributed by atoms with Crippen molar-refractivity contribution in [3.8, 4) is 5.75 Å². The highest BCUT2D eigenvalue weighted by Gasteiger charge is 2.05. The molecule has 1 aromatic heterocycles. The highest BCUT2D eigenvalue weighted by molar-refractivity contribution is 7.11. The van der Waals surface area contributed by atoms with Crippen LogP contribution < -0.4 is 10.1 Å². The lowest BCUT2D eigenvalue weighted by Crippen LogP contribution is -2.02. The van der Waals surface area contributed by atoms with Gasteiger partial charge >= 0.3 is 0 Å². The normalized spacial score (nSPS) is 10.6. The Hall–Kier alpha value is -1.10. The first-order valence-electron chi connectivity index (χ1n) is 5.49. The van der Waals surface area contributed by atoms with Gasteiger partial charge in [0.15, 0.2) is 0 Å². The molecule has 0 amide bonds. The molecule has 0 bridgehead atoms. The highest BCUT2D eigenvalue weighted by Crippen LogP contribution is 2.26. The van der Waals surface area contributed by atoms with Gasteiger partial charge in [0.25, 0.3) is 0 Å². The largest absolute Gasteiger partial charge is 0.487 e. The maximum Gasteiger partial charge on any atom is 0.138 e. The van der Waals surface area contributed by atoms with Gasteiger partial charge in [-0.15, -0.1) is 11.3 Å². The molecular formula is C13H13ClFNOS. The second-order valence-corrected chi connectivity index (χ2v) is 5.42. The van der Waals surface area contributed by atoms with Crippen molar-refractivity contribution >= 4 is 22.9 Å². The molecule has 1 N–H and O–H groups in total. The standard InChI is InChI=1S/C13H13ClFNOS/c1-16-7-10-3-4-11(18-10)8-17-13-5-2-9(15)6-12(13)14/h2-6,16H,7-8H2,1H3. The SMILES string of the molecule is CNCc1ccc(COc2ccc(F)cc2Cl)s1. The fraction of sp³-hybridized carbons (Fsp3) is 0.231. The van der Waals surface area contributed by atoms with Gasteiger partial charge in [-0.2, -0.15) is 0 Å². The average Bonchev–Trinajstić information content (AvgIpc) is 2.76. The molecule has 0 radical (unpaired) electrons. The van der Waals surface area contributed by atoms with Crippen molar-refractivity contribution in [2.24, 2.45) is 0 Å². The molecule has 0 atom stereocenters. The fourth-order valence-electron chi connectivity index (χ4n) is 1.51. The zero-order chi connectivity index (χ0) is 13.0. The molecule has 96 valence electrons. The van der Waals surface area contributed by atoms with Gasteiger partial charge in [-0.1, -0.05) is 11.6 Å². The van der Waals surface area contributed by atoms with Gasteiger partial charge < -0.3 is 10.1 Å². The summed E-state index contributed by atoms with van der Waals surface area (Å²) in [4.78, 5) is 2.36. The Morgan fingerprint density at radius 3 is 2.78 bits per heavy atom. The number of hydrogen-bond donors (Lipinski definition) is 1. The lowest BCUT2D eigenvalue weighted by molar-refractivity contribution is 0.309. The number of nitrogens with one attached hydrogen (secondary N) is 1. The lowest BCUT2D eigenvalue weighted by Gasteiger charge is -2.06. The molecule has 5 heteroatoms. The number of hydrogen-bond acceptors (Lipinski definition) is 3. The van der Waals surface area contributed by atoms with Crippen LogP contribution in [0.15, 0.2) is 30.3 Å². The summed E-state index contributed by atoms with van der Waals surface area (Å²) in [7, 11) is 1.91. The first-order chi connectivity index (χ1) is 8.69. The van der Waals surface area contributed by atoms with E-state index in [1.807, 2.05) is 13.1 Å². The average molecular weight is 286 g/mol. The molecule has 2 rings (SSSR count). The van der Waals surface area contributed by atoms with Crippen LogP contribution in [0.2, 0.25) is 5.02 Å². The monoisotopic (exact) mass is 285 g/mol. The van der Waals surface area contributed by atoms with E-state index in [0.29, 0.717) is 17.4 Å². The number of thiophene rings is 1. The van der Waals surface area contributed by atoms with Gasteiger partial charge in [0.05, 0.1) is 5.02 Å². The zero-order valence-corrected chi connectivity index (χ0v) is 11.4. The van der Waals surface area contributed by atoms with Crippen molar-refractivity contribution in [1.82, 2.24) is 5.32 Å². The lowest BCUT2D eigenvalue weighted by atomic mass is 10.3. The fourth-order valence-corrected chi connectivity index (χ4v) is 2.68. The van der Waals surface area contributed by atoms with Crippen LogP contribution in [0.5, 0.6) is 5.75 Å². The van der Waals surface area contributed by atoms with Crippen molar-refractivity contribution in [2.75, 3.05) is 7.05 Å². The van der Waals surface area contributed by atoms with Crippen LogP contribution >= 0.6 is 22.9 Å². The van der Waals surface area contributed by atoms with Crippen LogP contribution in [0, 0.1) is 5.82 Å². The summed E-state index contributed by atoms with van der Waals surface area (Å²) in [6, 6.07) is 8.21. The number of rotatable bonds is 5. The van der Waals surface area contributed by atoms with Crippen LogP contribution in [0.25, 0.3) is 0 Å². The third-order valence-corrected chi connectivity index (χ3v) is 3.69. The van der Waals surface area contributed by atoms with Gasteiger partial charge in [0.2, 0.25) is 0 Å². The molecular weight excluding hydrogens is 273 g/mol. The van der Waals surface area contributed by atoms with Gasteiger partial charge in [-0.25, -0.2) is 4.39 Å². The molecule has 1 aromatic carbocycles. The maximum atomic E-state index is 12.9. The summed E-state index contributed by atoms with van der Waals surface area (Å²) < 4.78 is 18.4. The molecule has 2 aromatic rings. The summed E-state index contributed by atoms with van der Waals surface area (Å²) in [6.07, 6.45) is 0. The third kappa shape index (κ3) is 3.45. The van der Waals surface area contributed by atoms with E-state index < -0.39 is 0 Å². The number of benzene rings is 1. The molecule has 18 heavy (non-hydrogen) atoms. The molecule has 0 aliphatic rings. The first-order valence-corrected chi connectivity index (χ1v) is 6.68. The Morgan fingerprint density at radius 2 is 2.06 bits per heavy atom. The van der Waals surface area contributed by atoms with Crippen molar-refractivity contribution in [1.29, 1.82) is 0 Å². The minimum absolute atomic E-state index is 0.294. The van der Waals surface area contributed by atoms with E-state index in [-0.39, 0.29) is 5.82 Å². The second-order valence-electron chi connectivity index (χ2n) is 3.76. The van der Waals surface area contributed by atoms with E-state index in [9.17, 15) is 4.39 Å². The Morgan fingerprint density at radius 1 is 1.28 bits per heavy atom. The summed E-state index contributed by atoms with van der Waals surface area (Å²) in [5.41, 5.74) is 0. The predicted molar refractivity (Wildman–Crippen MR) is 72.8 cm³/mol. The van der Waals surface area contributed by atoms with E-state index in [4.69, 9.17) is 16.3 Å². The molecule has 1 heterocycles. The van der Waals surface area contributed by atoms with Crippen LogP contribution in [0.3, 0.4) is 0 Å². The molecule has 0 unspecified atom stereocenters. The first kappa shape index (κ1) is 13.3. The molecule has 0 saturated heterocycles. The Bertz CT molecular complexity index is 529. The minimum atomic E-state index is -0.361. The van der Waals surface area contributed by atoms with E-state index in [1.54, 1.807) is 17.4 Å². The van der Waals surface area contributed by atoms with Gasteiger partial charge in [0.1, 0.15) is 18.2 Å². The molecule has 0 fully saturated rings. The maximum absolute atomic E-state index is 12.9. The summed E-state index contributed by atoms with van der Waals surface area (Å²) in [6.45, 7) is 1.29. The van der Waals surface area contributed by atoms with Gasteiger partial charge in [-0.05, 0) is 37.4 Å². The van der Waals surface area contributed by atoms with Crippen molar-refractivity contribution < 1.29 is 9.13 Å². The van der Waals surface area contributed by atoms with E-state index in [0.717, 1.165) is 11.4 Å². The van der Waals surface area contributed by atoms with E-state index in [2.05, 4.69) is 11.4 Å². The Kier molecular flexibility index (Phi) is 4.58. The molecule has 0 spiro atoms. The van der Waals surface area contributed by atoms with Crippen molar-refractivity contribution in [2.45, 2.75) is 13.2 Å². The second kappa shape index (κ2) is 6.18. The Balaban J connectivity index is 1.97. The van der Waals surface area contributed by atoms with Crippen LogP contribution in [-0.4, -0.2) is 7.05 Å². The van der Waals surface area contributed by atoms with Crippen LogP contribution in [0.4, 0.5) is 4.39 Å². The number of halogens is 2. The zero-order valence-electron chi connectivity index (χ0n) is 9.87.